The molecule has 1 saturated heterocycles. The lowest BCUT2D eigenvalue weighted by Gasteiger charge is -2.30. The van der Waals surface area contributed by atoms with Crippen molar-refractivity contribution in [2.75, 3.05) is 13.1 Å². The number of hydrogen-bond acceptors (Lipinski definition) is 4. The lowest BCUT2D eigenvalue weighted by molar-refractivity contribution is 0.194. The second kappa shape index (κ2) is 5.27. The maximum absolute atomic E-state index is 7.45. The van der Waals surface area contributed by atoms with Gasteiger partial charge in [-0.15, -0.1) is 0 Å². The summed E-state index contributed by atoms with van der Waals surface area (Å²) >= 11 is 0. The molecule has 1 aliphatic heterocycles. The Morgan fingerprint density at radius 2 is 2.24 bits per heavy atom. The zero-order chi connectivity index (χ0) is 12.3. The summed E-state index contributed by atoms with van der Waals surface area (Å²) in [7, 11) is 0. The molecule has 0 aromatic carbocycles. The smallest absolute Gasteiger partial charge is 0.140 e. The van der Waals surface area contributed by atoms with Crippen LogP contribution in [0.5, 0.6) is 0 Å². The van der Waals surface area contributed by atoms with Crippen LogP contribution in [0.3, 0.4) is 0 Å². The van der Waals surface area contributed by atoms with Gasteiger partial charge in [0.1, 0.15) is 12.2 Å². The molecule has 2 rings (SSSR count). The van der Waals surface area contributed by atoms with Crippen molar-refractivity contribution >= 4 is 5.84 Å². The summed E-state index contributed by atoms with van der Waals surface area (Å²) < 4.78 is 1.93. The second-order valence-corrected chi connectivity index (χ2v) is 4.50. The van der Waals surface area contributed by atoms with Crippen molar-refractivity contribution < 1.29 is 0 Å². The molecule has 2 heterocycles. The molecule has 0 unspecified atom stereocenters. The predicted octanol–water partition coefficient (Wildman–Crippen LogP) is 0.446. The van der Waals surface area contributed by atoms with Gasteiger partial charge in [0.2, 0.25) is 0 Å². The van der Waals surface area contributed by atoms with Gasteiger partial charge in [-0.3, -0.25) is 10.3 Å². The van der Waals surface area contributed by atoms with E-state index in [9.17, 15) is 0 Å². The third-order valence-corrected chi connectivity index (χ3v) is 3.39. The molecule has 1 aromatic heterocycles. The summed E-state index contributed by atoms with van der Waals surface area (Å²) in [5.41, 5.74) is 5.53. The predicted molar refractivity (Wildman–Crippen MR) is 65.6 cm³/mol. The Kier molecular flexibility index (Phi) is 3.73. The van der Waals surface area contributed by atoms with Crippen LogP contribution < -0.4 is 5.73 Å². The zero-order valence-corrected chi connectivity index (χ0v) is 10.3. The van der Waals surface area contributed by atoms with E-state index in [0.29, 0.717) is 5.84 Å². The minimum absolute atomic E-state index is 0.273. The number of aromatic nitrogens is 3. The van der Waals surface area contributed by atoms with Crippen molar-refractivity contribution in [1.82, 2.24) is 19.7 Å². The highest BCUT2D eigenvalue weighted by Crippen LogP contribution is 2.18. The molecule has 3 N–H and O–H groups in total. The van der Waals surface area contributed by atoms with Crippen LogP contribution in [0.1, 0.15) is 25.6 Å². The first-order chi connectivity index (χ1) is 8.20. The van der Waals surface area contributed by atoms with Crippen LogP contribution >= 0.6 is 0 Å². The first-order valence-electron chi connectivity index (χ1n) is 6.13. The Balaban J connectivity index is 1.88. The number of likely N-dealkylation sites (tertiary alicyclic amines) is 1. The van der Waals surface area contributed by atoms with Gasteiger partial charge >= 0.3 is 0 Å². The highest BCUT2D eigenvalue weighted by Gasteiger charge is 2.22. The van der Waals surface area contributed by atoms with Gasteiger partial charge in [0.05, 0.1) is 12.4 Å². The van der Waals surface area contributed by atoms with Crippen LogP contribution in [-0.4, -0.2) is 38.6 Å². The third-order valence-electron chi connectivity index (χ3n) is 3.39. The number of rotatable bonds is 4. The average Bonchev–Trinajstić information content (AvgIpc) is 2.77. The van der Waals surface area contributed by atoms with Gasteiger partial charge < -0.3 is 5.73 Å². The second-order valence-electron chi connectivity index (χ2n) is 4.50. The standard InChI is InChI=1S/C11H20N6/c1-2-17-10(14-8-15-17)7-16-5-3-9(4-6-16)11(12)13/h8-9H,2-7H2,1H3,(H3,12,13). The fourth-order valence-corrected chi connectivity index (χ4v) is 2.28. The number of nitrogens with one attached hydrogen (secondary N) is 1. The fraction of sp³-hybridized carbons (Fsp3) is 0.727. The molecule has 17 heavy (non-hydrogen) atoms. The lowest BCUT2D eigenvalue weighted by atomic mass is 9.96. The summed E-state index contributed by atoms with van der Waals surface area (Å²) in [4.78, 5) is 6.64. The van der Waals surface area contributed by atoms with Crippen molar-refractivity contribution in [1.29, 1.82) is 5.41 Å². The van der Waals surface area contributed by atoms with E-state index < -0.39 is 0 Å². The number of amidine groups is 1. The monoisotopic (exact) mass is 236 g/mol. The van der Waals surface area contributed by atoms with E-state index in [1.807, 2.05) is 4.68 Å². The molecule has 0 saturated carbocycles. The van der Waals surface area contributed by atoms with Gasteiger partial charge in [-0.05, 0) is 32.9 Å². The molecular formula is C11H20N6. The topological polar surface area (TPSA) is 83.8 Å². The summed E-state index contributed by atoms with van der Waals surface area (Å²) in [6, 6.07) is 0. The highest BCUT2D eigenvalue weighted by atomic mass is 15.3. The molecule has 0 atom stereocenters. The van der Waals surface area contributed by atoms with E-state index in [4.69, 9.17) is 11.1 Å². The Morgan fingerprint density at radius 1 is 1.53 bits per heavy atom. The molecule has 6 heteroatoms. The van der Waals surface area contributed by atoms with Gasteiger partial charge in [0.25, 0.3) is 0 Å². The van der Waals surface area contributed by atoms with Crippen molar-refractivity contribution in [3.8, 4) is 0 Å². The number of nitrogens with zero attached hydrogens (tertiary/aromatic N) is 4. The SMILES string of the molecule is CCn1ncnc1CN1CCC(C(=N)N)CC1. The largest absolute Gasteiger partial charge is 0.387 e. The van der Waals surface area contributed by atoms with Crippen molar-refractivity contribution in [3.63, 3.8) is 0 Å². The van der Waals surface area contributed by atoms with Gasteiger partial charge in [-0.2, -0.15) is 5.10 Å². The molecule has 6 nitrogen and oxygen atoms in total. The minimum atomic E-state index is 0.273. The van der Waals surface area contributed by atoms with E-state index in [1.165, 1.54) is 0 Å². The maximum Gasteiger partial charge on any atom is 0.140 e. The molecule has 1 fully saturated rings. The molecule has 0 bridgehead atoms. The number of piperidine rings is 1. The molecule has 94 valence electrons. The highest BCUT2D eigenvalue weighted by molar-refractivity contribution is 5.79. The van der Waals surface area contributed by atoms with E-state index in [0.717, 1.165) is 44.8 Å². The summed E-state index contributed by atoms with van der Waals surface area (Å²) in [6.07, 6.45) is 3.58. The zero-order valence-electron chi connectivity index (χ0n) is 10.3. The van der Waals surface area contributed by atoms with Gasteiger partial charge in [0.15, 0.2) is 0 Å². The summed E-state index contributed by atoms with van der Waals surface area (Å²) in [5.74, 6) is 1.63. The third kappa shape index (κ3) is 2.82. The average molecular weight is 236 g/mol. The van der Waals surface area contributed by atoms with E-state index in [2.05, 4.69) is 21.9 Å². The van der Waals surface area contributed by atoms with Crippen LogP contribution in [-0.2, 0) is 13.1 Å². The van der Waals surface area contributed by atoms with E-state index in [-0.39, 0.29) is 5.92 Å². The first-order valence-corrected chi connectivity index (χ1v) is 6.13. The summed E-state index contributed by atoms with van der Waals surface area (Å²) in [5, 5.41) is 11.6. The molecular weight excluding hydrogens is 216 g/mol. The molecule has 0 radical (unpaired) electrons. The van der Waals surface area contributed by atoms with Gasteiger partial charge in [-0.1, -0.05) is 0 Å². The Bertz CT molecular complexity index is 377. The van der Waals surface area contributed by atoms with Crippen molar-refractivity contribution in [3.05, 3.63) is 12.2 Å². The Labute approximate surface area is 101 Å². The lowest BCUT2D eigenvalue weighted by Crippen LogP contribution is -2.38. The van der Waals surface area contributed by atoms with Crippen molar-refractivity contribution in [2.24, 2.45) is 11.7 Å². The summed E-state index contributed by atoms with van der Waals surface area (Å²) in [6.45, 7) is 5.75. The quantitative estimate of drug-likeness (QED) is 0.587. The number of hydrogen-bond donors (Lipinski definition) is 2. The molecule has 0 amide bonds. The van der Waals surface area contributed by atoms with Crippen LogP contribution in [0, 0.1) is 11.3 Å². The Morgan fingerprint density at radius 3 is 2.82 bits per heavy atom. The number of aryl methyl sites for hydroxylation is 1. The normalized spacial score (nSPS) is 18.4. The van der Waals surface area contributed by atoms with Gasteiger partial charge in [0, 0.05) is 12.5 Å². The molecule has 0 aliphatic carbocycles. The molecule has 0 spiro atoms. The fourth-order valence-electron chi connectivity index (χ4n) is 2.28. The van der Waals surface area contributed by atoms with Crippen LogP contribution in [0.4, 0.5) is 0 Å². The van der Waals surface area contributed by atoms with Crippen LogP contribution in [0.15, 0.2) is 6.33 Å². The van der Waals surface area contributed by atoms with Crippen LogP contribution in [0.2, 0.25) is 0 Å². The maximum atomic E-state index is 7.45. The van der Waals surface area contributed by atoms with E-state index in [1.54, 1.807) is 6.33 Å². The Hall–Kier alpha value is -1.43. The number of nitrogens with two attached hydrogens (primary N) is 1. The van der Waals surface area contributed by atoms with E-state index >= 15 is 0 Å². The van der Waals surface area contributed by atoms with Gasteiger partial charge in [-0.25, -0.2) is 9.67 Å². The first kappa shape index (κ1) is 12.0. The molecule has 1 aliphatic rings. The van der Waals surface area contributed by atoms with Crippen molar-refractivity contribution in [2.45, 2.75) is 32.9 Å². The minimum Gasteiger partial charge on any atom is -0.387 e. The van der Waals surface area contributed by atoms with Crippen LogP contribution in [0.25, 0.3) is 0 Å². The molecule has 1 aromatic rings.